The highest BCUT2D eigenvalue weighted by Crippen LogP contribution is 2.14. The third-order valence-corrected chi connectivity index (χ3v) is 2.30. The number of benzene rings is 1. The highest BCUT2D eigenvalue weighted by Gasteiger charge is 1.97. The lowest BCUT2D eigenvalue weighted by molar-refractivity contribution is 0.275. The van der Waals surface area contributed by atoms with Crippen LogP contribution in [0.1, 0.15) is 11.3 Å². The zero-order valence-electron chi connectivity index (χ0n) is 9.21. The Morgan fingerprint density at radius 1 is 1.06 bits per heavy atom. The van der Waals surface area contributed by atoms with Gasteiger partial charge < -0.3 is 14.9 Å². The summed E-state index contributed by atoms with van der Waals surface area (Å²) >= 11 is 0. The van der Waals surface area contributed by atoms with E-state index >= 15 is 0 Å². The zero-order valence-corrected chi connectivity index (χ0v) is 9.21. The van der Waals surface area contributed by atoms with Crippen LogP contribution >= 0.6 is 0 Å². The summed E-state index contributed by atoms with van der Waals surface area (Å²) in [5.74, 6) is 0.887. The number of aromatic hydroxyl groups is 1. The first kappa shape index (κ1) is 11.4. The molecule has 0 spiro atoms. The van der Waals surface area contributed by atoms with E-state index < -0.39 is 0 Å². The van der Waals surface area contributed by atoms with Gasteiger partial charge in [-0.05, 0) is 29.8 Å². The van der Waals surface area contributed by atoms with Crippen LogP contribution < -0.4 is 4.74 Å². The van der Waals surface area contributed by atoms with Gasteiger partial charge in [0.05, 0.1) is 18.5 Å². The SMILES string of the molecule is OCc1ccc(OCc2ccc(O)cc2)cn1. The summed E-state index contributed by atoms with van der Waals surface area (Å²) in [7, 11) is 0. The number of phenols is 1. The van der Waals surface area contributed by atoms with Crippen molar-refractivity contribution in [1.29, 1.82) is 0 Å². The maximum atomic E-state index is 9.13. The van der Waals surface area contributed by atoms with E-state index in [0.717, 1.165) is 5.56 Å². The van der Waals surface area contributed by atoms with Gasteiger partial charge >= 0.3 is 0 Å². The van der Waals surface area contributed by atoms with Gasteiger partial charge in [0.1, 0.15) is 18.1 Å². The minimum Gasteiger partial charge on any atom is -0.508 e. The summed E-state index contributed by atoms with van der Waals surface area (Å²) in [6.07, 6.45) is 1.58. The van der Waals surface area contributed by atoms with Crippen molar-refractivity contribution in [3.8, 4) is 11.5 Å². The van der Waals surface area contributed by atoms with Crippen molar-refractivity contribution in [1.82, 2.24) is 4.98 Å². The Kier molecular flexibility index (Phi) is 3.57. The molecule has 0 aliphatic heterocycles. The molecule has 2 aromatic rings. The number of hydrogen-bond donors (Lipinski definition) is 2. The summed E-state index contributed by atoms with van der Waals surface area (Å²) in [6.45, 7) is 0.346. The number of phenolic OH excluding ortho intramolecular Hbond substituents is 1. The molecule has 1 heterocycles. The van der Waals surface area contributed by atoms with Gasteiger partial charge in [-0.15, -0.1) is 0 Å². The molecule has 0 aliphatic rings. The minimum atomic E-state index is -0.0712. The van der Waals surface area contributed by atoms with E-state index in [4.69, 9.17) is 14.9 Å². The summed E-state index contributed by atoms with van der Waals surface area (Å²) < 4.78 is 5.51. The second-order valence-electron chi connectivity index (χ2n) is 3.60. The average Bonchev–Trinajstić information content (AvgIpc) is 2.39. The monoisotopic (exact) mass is 231 g/mol. The lowest BCUT2D eigenvalue weighted by Crippen LogP contribution is -1.96. The van der Waals surface area contributed by atoms with Crippen LogP contribution in [0.2, 0.25) is 0 Å². The molecule has 0 saturated heterocycles. The smallest absolute Gasteiger partial charge is 0.138 e. The van der Waals surface area contributed by atoms with Crippen LogP contribution in [-0.4, -0.2) is 15.2 Å². The molecule has 2 rings (SSSR count). The number of hydrogen-bond acceptors (Lipinski definition) is 4. The molecule has 1 aromatic heterocycles. The van der Waals surface area contributed by atoms with E-state index in [1.165, 1.54) is 0 Å². The molecule has 0 unspecified atom stereocenters. The number of rotatable bonds is 4. The van der Waals surface area contributed by atoms with Crippen LogP contribution in [0.3, 0.4) is 0 Å². The van der Waals surface area contributed by atoms with Crippen LogP contribution in [-0.2, 0) is 13.2 Å². The third kappa shape index (κ3) is 3.19. The summed E-state index contributed by atoms with van der Waals surface area (Å²) in [4.78, 5) is 4.01. The van der Waals surface area contributed by atoms with E-state index in [2.05, 4.69) is 4.98 Å². The largest absolute Gasteiger partial charge is 0.508 e. The third-order valence-electron chi connectivity index (χ3n) is 2.30. The molecule has 0 radical (unpaired) electrons. The van der Waals surface area contributed by atoms with Gasteiger partial charge in [0, 0.05) is 0 Å². The molecular weight excluding hydrogens is 218 g/mol. The van der Waals surface area contributed by atoms with Gasteiger partial charge in [-0.2, -0.15) is 0 Å². The number of pyridine rings is 1. The zero-order chi connectivity index (χ0) is 12.1. The fourth-order valence-electron chi connectivity index (χ4n) is 1.35. The van der Waals surface area contributed by atoms with E-state index in [0.29, 0.717) is 18.1 Å². The van der Waals surface area contributed by atoms with E-state index in [1.54, 1.807) is 42.6 Å². The summed E-state index contributed by atoms with van der Waals surface area (Å²) in [5.41, 5.74) is 1.58. The second kappa shape index (κ2) is 5.32. The fraction of sp³-hybridized carbons (Fsp3) is 0.154. The predicted octanol–water partition coefficient (Wildman–Crippen LogP) is 1.86. The fourth-order valence-corrected chi connectivity index (χ4v) is 1.35. The predicted molar refractivity (Wildman–Crippen MR) is 62.6 cm³/mol. The molecule has 0 saturated carbocycles. The number of aliphatic hydroxyl groups excluding tert-OH is 1. The molecule has 88 valence electrons. The molecule has 0 fully saturated rings. The summed E-state index contributed by atoms with van der Waals surface area (Å²) in [5, 5.41) is 18.0. The van der Waals surface area contributed by atoms with Crippen molar-refractivity contribution in [2.24, 2.45) is 0 Å². The number of aliphatic hydroxyl groups is 1. The average molecular weight is 231 g/mol. The lowest BCUT2D eigenvalue weighted by atomic mass is 10.2. The van der Waals surface area contributed by atoms with Crippen molar-refractivity contribution >= 4 is 0 Å². The van der Waals surface area contributed by atoms with Crippen molar-refractivity contribution in [3.05, 3.63) is 53.9 Å². The minimum absolute atomic E-state index is 0.0712. The van der Waals surface area contributed by atoms with Gasteiger partial charge in [0.25, 0.3) is 0 Å². The molecule has 0 aliphatic carbocycles. The standard InChI is InChI=1S/C13H13NO3/c15-8-11-3-6-13(7-14-11)17-9-10-1-4-12(16)5-2-10/h1-7,15-16H,8-9H2. The van der Waals surface area contributed by atoms with E-state index in [-0.39, 0.29) is 12.4 Å². The second-order valence-corrected chi connectivity index (χ2v) is 3.60. The molecule has 17 heavy (non-hydrogen) atoms. The Bertz CT molecular complexity index is 465. The van der Waals surface area contributed by atoms with Gasteiger partial charge in [-0.3, -0.25) is 4.98 Å². The van der Waals surface area contributed by atoms with Crippen LogP contribution in [0.5, 0.6) is 11.5 Å². The van der Waals surface area contributed by atoms with E-state index in [9.17, 15) is 0 Å². The maximum absolute atomic E-state index is 9.13. The Morgan fingerprint density at radius 2 is 1.82 bits per heavy atom. The van der Waals surface area contributed by atoms with Crippen LogP contribution in [0.15, 0.2) is 42.6 Å². The maximum Gasteiger partial charge on any atom is 0.138 e. The van der Waals surface area contributed by atoms with E-state index in [1.807, 2.05) is 0 Å². The Hall–Kier alpha value is -2.07. The van der Waals surface area contributed by atoms with Gasteiger partial charge in [0.15, 0.2) is 0 Å². The first-order valence-electron chi connectivity index (χ1n) is 5.24. The van der Waals surface area contributed by atoms with Crippen molar-refractivity contribution in [2.45, 2.75) is 13.2 Å². The Balaban J connectivity index is 1.95. The quantitative estimate of drug-likeness (QED) is 0.843. The first-order valence-corrected chi connectivity index (χ1v) is 5.24. The van der Waals surface area contributed by atoms with Crippen molar-refractivity contribution < 1.29 is 14.9 Å². The highest BCUT2D eigenvalue weighted by molar-refractivity contribution is 5.26. The Morgan fingerprint density at radius 3 is 2.41 bits per heavy atom. The molecule has 0 bridgehead atoms. The molecule has 4 heteroatoms. The molecule has 4 nitrogen and oxygen atoms in total. The topological polar surface area (TPSA) is 62.6 Å². The Labute approximate surface area is 99.1 Å². The van der Waals surface area contributed by atoms with Gasteiger partial charge in [-0.25, -0.2) is 0 Å². The van der Waals surface area contributed by atoms with Gasteiger partial charge in [-0.1, -0.05) is 12.1 Å². The molecular formula is C13H13NO3. The van der Waals surface area contributed by atoms with Crippen molar-refractivity contribution in [2.75, 3.05) is 0 Å². The van der Waals surface area contributed by atoms with Crippen LogP contribution in [0, 0.1) is 0 Å². The first-order chi connectivity index (χ1) is 8.28. The number of aromatic nitrogens is 1. The number of ether oxygens (including phenoxy) is 1. The number of nitrogens with zero attached hydrogens (tertiary/aromatic N) is 1. The molecule has 1 aromatic carbocycles. The van der Waals surface area contributed by atoms with Crippen molar-refractivity contribution in [3.63, 3.8) is 0 Å². The molecule has 2 N–H and O–H groups in total. The lowest BCUT2D eigenvalue weighted by Gasteiger charge is -2.06. The highest BCUT2D eigenvalue weighted by atomic mass is 16.5. The normalized spacial score (nSPS) is 10.2. The summed E-state index contributed by atoms with van der Waals surface area (Å²) in [6, 6.07) is 10.3. The van der Waals surface area contributed by atoms with Crippen LogP contribution in [0.4, 0.5) is 0 Å². The van der Waals surface area contributed by atoms with Gasteiger partial charge in [0.2, 0.25) is 0 Å². The van der Waals surface area contributed by atoms with Crippen LogP contribution in [0.25, 0.3) is 0 Å². The molecule has 0 amide bonds. The molecule has 0 atom stereocenters.